The van der Waals surface area contributed by atoms with Crippen molar-refractivity contribution in [2.75, 3.05) is 23.7 Å². The first-order valence-corrected chi connectivity index (χ1v) is 9.66. The van der Waals surface area contributed by atoms with Gasteiger partial charge in [0, 0.05) is 18.2 Å². The maximum absolute atomic E-state index is 12.3. The van der Waals surface area contributed by atoms with Crippen molar-refractivity contribution in [3.05, 3.63) is 29.3 Å². The summed E-state index contributed by atoms with van der Waals surface area (Å²) in [6.07, 6.45) is 2.97. The molecule has 23 heavy (non-hydrogen) atoms. The van der Waals surface area contributed by atoms with Crippen LogP contribution >= 0.6 is 11.6 Å². The Bertz CT molecular complexity index is 642. The lowest BCUT2D eigenvalue weighted by molar-refractivity contribution is -0.122. The first kappa shape index (κ1) is 18.0. The number of hydrogen-bond acceptors (Lipinski definition) is 4. The fourth-order valence-corrected chi connectivity index (χ4v) is 3.87. The van der Waals surface area contributed by atoms with Gasteiger partial charge in [0.15, 0.2) is 0 Å². The van der Waals surface area contributed by atoms with Crippen LogP contribution in [0.3, 0.4) is 0 Å². The summed E-state index contributed by atoms with van der Waals surface area (Å²) >= 11 is 5.83. The SMILES string of the molecule is C[C@@H](C(=O)NC[C@H]1CCCO1)N(c1ccc(Cl)cc1)S(C)(=O)=O. The number of rotatable bonds is 6. The van der Waals surface area contributed by atoms with Crippen LogP contribution in [0.15, 0.2) is 24.3 Å². The molecular weight excluding hydrogens is 340 g/mol. The van der Waals surface area contributed by atoms with Gasteiger partial charge < -0.3 is 10.1 Å². The van der Waals surface area contributed by atoms with Crippen molar-refractivity contribution < 1.29 is 17.9 Å². The Morgan fingerprint density at radius 1 is 1.43 bits per heavy atom. The summed E-state index contributed by atoms with van der Waals surface area (Å²) in [7, 11) is -3.61. The van der Waals surface area contributed by atoms with Gasteiger partial charge >= 0.3 is 0 Å². The predicted octanol–water partition coefficient (Wildman–Crippen LogP) is 1.79. The molecule has 0 unspecified atom stereocenters. The topological polar surface area (TPSA) is 75.7 Å². The van der Waals surface area contributed by atoms with E-state index in [1.807, 2.05) is 0 Å². The Labute approximate surface area is 141 Å². The fourth-order valence-electron chi connectivity index (χ4n) is 2.56. The Morgan fingerprint density at radius 2 is 2.09 bits per heavy atom. The number of ether oxygens (including phenoxy) is 1. The van der Waals surface area contributed by atoms with Crippen molar-refractivity contribution in [1.82, 2.24) is 5.32 Å². The second kappa shape index (κ2) is 7.51. The van der Waals surface area contributed by atoms with Gasteiger partial charge in [-0.25, -0.2) is 8.42 Å². The van der Waals surface area contributed by atoms with Crippen LogP contribution in [-0.4, -0.2) is 45.9 Å². The number of hydrogen-bond donors (Lipinski definition) is 1. The Hall–Kier alpha value is -1.31. The molecule has 1 amide bonds. The number of anilines is 1. The summed E-state index contributed by atoms with van der Waals surface area (Å²) in [5.74, 6) is -0.360. The molecule has 1 fully saturated rings. The lowest BCUT2D eigenvalue weighted by Gasteiger charge is -2.28. The summed E-state index contributed by atoms with van der Waals surface area (Å²) in [4.78, 5) is 12.3. The molecule has 1 aromatic carbocycles. The molecule has 2 rings (SSSR count). The van der Waals surface area contributed by atoms with Crippen molar-refractivity contribution in [3.63, 3.8) is 0 Å². The van der Waals surface area contributed by atoms with Gasteiger partial charge in [-0.2, -0.15) is 0 Å². The van der Waals surface area contributed by atoms with E-state index in [1.54, 1.807) is 31.2 Å². The quantitative estimate of drug-likeness (QED) is 0.839. The molecule has 1 aliphatic heterocycles. The zero-order chi connectivity index (χ0) is 17.0. The standard InChI is InChI=1S/C15H21ClN2O4S/c1-11(15(19)17-10-14-4-3-9-22-14)18(23(2,20)21)13-7-5-12(16)6-8-13/h5-8,11,14H,3-4,9-10H2,1-2H3,(H,17,19)/t11-,14+/m0/s1. The molecule has 128 valence electrons. The van der Waals surface area contributed by atoms with Crippen LogP contribution in [0.25, 0.3) is 0 Å². The average Bonchev–Trinajstić information content (AvgIpc) is 2.99. The van der Waals surface area contributed by atoms with E-state index in [9.17, 15) is 13.2 Å². The van der Waals surface area contributed by atoms with E-state index in [2.05, 4.69) is 5.32 Å². The van der Waals surface area contributed by atoms with Crippen molar-refractivity contribution >= 4 is 33.2 Å². The number of sulfonamides is 1. The molecule has 0 bridgehead atoms. The minimum absolute atomic E-state index is 0.00775. The van der Waals surface area contributed by atoms with E-state index in [0.29, 0.717) is 23.9 Å². The van der Waals surface area contributed by atoms with Crippen LogP contribution in [0, 0.1) is 0 Å². The van der Waals surface area contributed by atoms with E-state index in [4.69, 9.17) is 16.3 Å². The van der Waals surface area contributed by atoms with Crippen molar-refractivity contribution in [2.45, 2.75) is 31.9 Å². The molecule has 1 aliphatic rings. The highest BCUT2D eigenvalue weighted by Gasteiger charge is 2.29. The Morgan fingerprint density at radius 3 is 2.61 bits per heavy atom. The van der Waals surface area contributed by atoms with Crippen LogP contribution in [-0.2, 0) is 19.6 Å². The highest BCUT2D eigenvalue weighted by Crippen LogP contribution is 2.23. The average molecular weight is 361 g/mol. The molecule has 1 heterocycles. The molecular formula is C15H21ClN2O4S. The van der Waals surface area contributed by atoms with Gasteiger partial charge in [-0.1, -0.05) is 11.6 Å². The van der Waals surface area contributed by atoms with E-state index in [1.165, 1.54) is 0 Å². The van der Waals surface area contributed by atoms with Gasteiger partial charge in [0.1, 0.15) is 6.04 Å². The lowest BCUT2D eigenvalue weighted by Crippen LogP contribution is -2.49. The summed E-state index contributed by atoms with van der Waals surface area (Å²) in [6, 6.07) is 5.46. The summed E-state index contributed by atoms with van der Waals surface area (Å²) in [5, 5.41) is 3.26. The van der Waals surface area contributed by atoms with Gasteiger partial charge in [0.05, 0.1) is 18.0 Å². The van der Waals surface area contributed by atoms with Gasteiger partial charge in [-0.3, -0.25) is 9.10 Å². The molecule has 1 aromatic rings. The molecule has 0 spiro atoms. The van der Waals surface area contributed by atoms with Crippen molar-refractivity contribution in [1.29, 1.82) is 0 Å². The molecule has 0 aliphatic carbocycles. The zero-order valence-electron chi connectivity index (χ0n) is 13.2. The highest BCUT2D eigenvalue weighted by molar-refractivity contribution is 7.92. The van der Waals surface area contributed by atoms with Gasteiger partial charge in [0.25, 0.3) is 0 Å². The minimum Gasteiger partial charge on any atom is -0.376 e. The number of nitrogens with one attached hydrogen (secondary N) is 1. The zero-order valence-corrected chi connectivity index (χ0v) is 14.7. The van der Waals surface area contributed by atoms with Crippen LogP contribution in [0.5, 0.6) is 0 Å². The van der Waals surface area contributed by atoms with Gasteiger partial charge in [0.2, 0.25) is 15.9 Å². The third-order valence-electron chi connectivity index (χ3n) is 3.70. The molecule has 6 nitrogen and oxygen atoms in total. The maximum atomic E-state index is 12.3. The number of carbonyl (C=O) groups excluding carboxylic acids is 1. The predicted molar refractivity (Wildman–Crippen MR) is 90.2 cm³/mol. The second-order valence-electron chi connectivity index (χ2n) is 5.59. The minimum atomic E-state index is -3.61. The maximum Gasteiger partial charge on any atom is 0.243 e. The summed E-state index contributed by atoms with van der Waals surface area (Å²) < 4.78 is 30.8. The normalized spacial score (nSPS) is 19.3. The summed E-state index contributed by atoms with van der Waals surface area (Å²) in [5.41, 5.74) is 0.400. The number of nitrogens with zero attached hydrogens (tertiary/aromatic N) is 1. The number of carbonyl (C=O) groups is 1. The third-order valence-corrected chi connectivity index (χ3v) is 5.19. The van der Waals surface area contributed by atoms with Crippen LogP contribution < -0.4 is 9.62 Å². The highest BCUT2D eigenvalue weighted by atomic mass is 35.5. The second-order valence-corrected chi connectivity index (χ2v) is 7.89. The number of benzene rings is 1. The van der Waals surface area contributed by atoms with Crippen molar-refractivity contribution in [3.8, 4) is 0 Å². The summed E-state index contributed by atoms with van der Waals surface area (Å²) in [6.45, 7) is 2.65. The van der Waals surface area contributed by atoms with E-state index >= 15 is 0 Å². The van der Waals surface area contributed by atoms with Gasteiger partial charge in [-0.05, 0) is 44.0 Å². The molecule has 1 N–H and O–H groups in total. The van der Waals surface area contributed by atoms with E-state index in [-0.39, 0.29) is 12.0 Å². The van der Waals surface area contributed by atoms with Gasteiger partial charge in [-0.15, -0.1) is 0 Å². The largest absolute Gasteiger partial charge is 0.376 e. The third kappa shape index (κ3) is 4.83. The number of halogens is 1. The molecule has 8 heteroatoms. The van der Waals surface area contributed by atoms with E-state index in [0.717, 1.165) is 23.4 Å². The fraction of sp³-hybridized carbons (Fsp3) is 0.533. The first-order chi connectivity index (χ1) is 10.8. The molecule has 2 atom stereocenters. The Kier molecular flexibility index (Phi) is 5.89. The lowest BCUT2D eigenvalue weighted by atomic mass is 10.2. The monoisotopic (exact) mass is 360 g/mol. The molecule has 0 saturated carbocycles. The van der Waals surface area contributed by atoms with Crippen molar-refractivity contribution in [2.24, 2.45) is 0 Å². The Balaban J connectivity index is 2.11. The van der Waals surface area contributed by atoms with Crippen LogP contribution in [0.1, 0.15) is 19.8 Å². The smallest absolute Gasteiger partial charge is 0.243 e. The van der Waals surface area contributed by atoms with Crippen LogP contribution in [0.2, 0.25) is 5.02 Å². The van der Waals surface area contributed by atoms with Crippen LogP contribution in [0.4, 0.5) is 5.69 Å². The first-order valence-electron chi connectivity index (χ1n) is 7.43. The molecule has 0 radical (unpaired) electrons. The molecule has 1 saturated heterocycles. The molecule has 0 aromatic heterocycles. The number of amides is 1. The van der Waals surface area contributed by atoms with E-state index < -0.39 is 16.1 Å².